The van der Waals surface area contributed by atoms with Crippen LogP contribution in [0.2, 0.25) is 5.02 Å². The maximum atomic E-state index is 5.86. The number of rotatable bonds is 4. The molecule has 0 saturated carbocycles. The molecular formula is C13H14ClN3O. The van der Waals surface area contributed by atoms with Gasteiger partial charge in [-0.2, -0.15) is 0 Å². The molecule has 3 N–H and O–H groups in total. The third-order valence-electron chi connectivity index (χ3n) is 2.50. The molecule has 0 unspecified atom stereocenters. The fraction of sp³-hybridized carbons (Fsp3) is 0.154. The first-order valence-electron chi connectivity index (χ1n) is 5.47. The minimum Gasteiger partial charge on any atom is -0.481 e. The quantitative estimate of drug-likeness (QED) is 0.833. The number of nitrogens with zero attached hydrogens (tertiary/aromatic N) is 1. The Morgan fingerprint density at radius 1 is 1.33 bits per heavy atom. The molecule has 0 aliphatic carbocycles. The molecule has 0 aliphatic heterocycles. The lowest BCUT2D eigenvalue weighted by atomic mass is 10.2. The highest BCUT2D eigenvalue weighted by Gasteiger charge is 2.01. The Morgan fingerprint density at radius 3 is 2.89 bits per heavy atom. The number of anilines is 2. The van der Waals surface area contributed by atoms with E-state index in [0.717, 1.165) is 11.3 Å². The molecule has 1 heterocycles. The van der Waals surface area contributed by atoms with Crippen LogP contribution in [-0.4, -0.2) is 12.1 Å². The fourth-order valence-corrected chi connectivity index (χ4v) is 1.74. The van der Waals surface area contributed by atoms with Gasteiger partial charge in [0.15, 0.2) is 0 Å². The van der Waals surface area contributed by atoms with Crippen molar-refractivity contribution in [1.82, 2.24) is 4.98 Å². The molecular weight excluding hydrogens is 250 g/mol. The fourth-order valence-electron chi connectivity index (χ4n) is 1.56. The summed E-state index contributed by atoms with van der Waals surface area (Å²) in [6, 6.07) is 9.17. The normalized spacial score (nSPS) is 10.1. The molecule has 18 heavy (non-hydrogen) atoms. The van der Waals surface area contributed by atoms with Crippen molar-refractivity contribution in [2.24, 2.45) is 0 Å². The highest BCUT2D eigenvalue weighted by molar-refractivity contribution is 6.31. The third-order valence-corrected chi connectivity index (χ3v) is 2.74. The first kappa shape index (κ1) is 12.5. The van der Waals surface area contributed by atoms with Crippen LogP contribution in [0.25, 0.3) is 0 Å². The molecule has 94 valence electrons. The summed E-state index contributed by atoms with van der Waals surface area (Å²) in [6.45, 7) is 0.644. The molecule has 0 spiro atoms. The second-order valence-electron chi connectivity index (χ2n) is 3.79. The van der Waals surface area contributed by atoms with Crippen LogP contribution in [0, 0.1) is 0 Å². The van der Waals surface area contributed by atoms with Gasteiger partial charge in [-0.1, -0.05) is 11.6 Å². The van der Waals surface area contributed by atoms with E-state index in [9.17, 15) is 0 Å². The van der Waals surface area contributed by atoms with Crippen LogP contribution in [-0.2, 0) is 6.54 Å². The topological polar surface area (TPSA) is 60.2 Å². The lowest BCUT2D eigenvalue weighted by Gasteiger charge is -2.10. The van der Waals surface area contributed by atoms with Crippen LogP contribution in [0.15, 0.2) is 36.5 Å². The van der Waals surface area contributed by atoms with Crippen LogP contribution < -0.4 is 15.8 Å². The predicted molar refractivity (Wildman–Crippen MR) is 74.0 cm³/mol. The zero-order valence-electron chi connectivity index (χ0n) is 9.98. The Bertz CT molecular complexity index is 546. The number of pyridine rings is 1. The Labute approximate surface area is 111 Å². The van der Waals surface area contributed by atoms with E-state index in [1.807, 2.05) is 18.2 Å². The van der Waals surface area contributed by atoms with Crippen molar-refractivity contribution in [2.75, 3.05) is 18.2 Å². The minimum absolute atomic E-state index is 0.596. The largest absolute Gasteiger partial charge is 0.481 e. The van der Waals surface area contributed by atoms with Gasteiger partial charge in [0.2, 0.25) is 5.88 Å². The standard InChI is InChI=1S/C13H14ClN3O/c1-18-13-6-9(4-5-16-13)8-17-12-3-2-10(14)7-11(12)15/h2-7,17H,8,15H2,1H3. The second kappa shape index (κ2) is 5.60. The Balaban J connectivity index is 2.06. The van der Waals surface area contributed by atoms with Crippen LogP contribution in [0.4, 0.5) is 11.4 Å². The number of methoxy groups -OCH3 is 1. The summed E-state index contributed by atoms with van der Waals surface area (Å²) in [5, 5.41) is 3.87. The van der Waals surface area contributed by atoms with Gasteiger partial charge in [-0.05, 0) is 29.8 Å². The zero-order chi connectivity index (χ0) is 13.0. The Morgan fingerprint density at radius 2 is 2.17 bits per heavy atom. The number of ether oxygens (including phenoxy) is 1. The summed E-state index contributed by atoms with van der Waals surface area (Å²) < 4.78 is 5.07. The SMILES string of the molecule is COc1cc(CNc2ccc(Cl)cc2N)ccn1. The monoisotopic (exact) mass is 263 g/mol. The number of nitrogen functional groups attached to an aromatic ring is 1. The van der Waals surface area contributed by atoms with E-state index in [2.05, 4.69) is 10.3 Å². The van der Waals surface area contributed by atoms with Crippen molar-refractivity contribution < 1.29 is 4.74 Å². The van der Waals surface area contributed by atoms with E-state index < -0.39 is 0 Å². The summed E-state index contributed by atoms with van der Waals surface area (Å²) in [5.41, 5.74) is 8.41. The maximum Gasteiger partial charge on any atom is 0.213 e. The maximum absolute atomic E-state index is 5.86. The highest BCUT2D eigenvalue weighted by Crippen LogP contribution is 2.23. The van der Waals surface area contributed by atoms with Crippen molar-refractivity contribution in [3.8, 4) is 5.88 Å². The van der Waals surface area contributed by atoms with E-state index in [1.54, 1.807) is 25.4 Å². The number of hydrogen-bond donors (Lipinski definition) is 2. The molecule has 5 heteroatoms. The van der Waals surface area contributed by atoms with Crippen molar-refractivity contribution >= 4 is 23.0 Å². The number of nitrogens with one attached hydrogen (secondary N) is 1. The van der Waals surface area contributed by atoms with Gasteiger partial charge in [-0.3, -0.25) is 0 Å². The molecule has 4 nitrogen and oxygen atoms in total. The molecule has 0 atom stereocenters. The van der Waals surface area contributed by atoms with Crippen molar-refractivity contribution in [3.63, 3.8) is 0 Å². The second-order valence-corrected chi connectivity index (χ2v) is 4.23. The molecule has 1 aromatic heterocycles. The molecule has 1 aromatic carbocycles. The Kier molecular flexibility index (Phi) is 3.89. The average molecular weight is 264 g/mol. The van der Waals surface area contributed by atoms with Gasteiger partial charge in [0.25, 0.3) is 0 Å². The van der Waals surface area contributed by atoms with E-state index in [1.165, 1.54) is 0 Å². The third kappa shape index (κ3) is 3.05. The Hall–Kier alpha value is -1.94. The number of hydrogen-bond acceptors (Lipinski definition) is 4. The highest BCUT2D eigenvalue weighted by atomic mass is 35.5. The van der Waals surface area contributed by atoms with Gasteiger partial charge < -0.3 is 15.8 Å². The van der Waals surface area contributed by atoms with Gasteiger partial charge in [0, 0.05) is 23.8 Å². The van der Waals surface area contributed by atoms with Crippen LogP contribution in [0.3, 0.4) is 0 Å². The number of benzene rings is 1. The van der Waals surface area contributed by atoms with E-state index >= 15 is 0 Å². The molecule has 0 bridgehead atoms. The summed E-state index contributed by atoms with van der Waals surface area (Å²) in [6.07, 6.45) is 1.71. The number of aromatic nitrogens is 1. The van der Waals surface area contributed by atoms with E-state index in [-0.39, 0.29) is 0 Å². The number of nitrogens with two attached hydrogens (primary N) is 1. The first-order chi connectivity index (χ1) is 8.69. The van der Waals surface area contributed by atoms with Gasteiger partial charge in [-0.15, -0.1) is 0 Å². The molecule has 2 rings (SSSR count). The van der Waals surface area contributed by atoms with Crippen molar-refractivity contribution in [2.45, 2.75) is 6.54 Å². The molecule has 0 amide bonds. The lowest BCUT2D eigenvalue weighted by Crippen LogP contribution is -2.03. The van der Waals surface area contributed by atoms with Crippen LogP contribution in [0.5, 0.6) is 5.88 Å². The van der Waals surface area contributed by atoms with Crippen LogP contribution >= 0.6 is 11.6 Å². The van der Waals surface area contributed by atoms with Crippen molar-refractivity contribution in [1.29, 1.82) is 0 Å². The lowest BCUT2D eigenvalue weighted by molar-refractivity contribution is 0.397. The summed E-state index contributed by atoms with van der Waals surface area (Å²) in [5.74, 6) is 0.596. The molecule has 0 aliphatic rings. The minimum atomic E-state index is 0.596. The van der Waals surface area contributed by atoms with Gasteiger partial charge in [-0.25, -0.2) is 4.98 Å². The van der Waals surface area contributed by atoms with Gasteiger partial charge in [0.05, 0.1) is 18.5 Å². The molecule has 0 saturated heterocycles. The summed E-state index contributed by atoms with van der Waals surface area (Å²) >= 11 is 5.84. The zero-order valence-corrected chi connectivity index (χ0v) is 10.7. The van der Waals surface area contributed by atoms with Crippen molar-refractivity contribution in [3.05, 3.63) is 47.1 Å². The van der Waals surface area contributed by atoms with Gasteiger partial charge >= 0.3 is 0 Å². The summed E-state index contributed by atoms with van der Waals surface area (Å²) in [7, 11) is 1.59. The molecule has 2 aromatic rings. The smallest absolute Gasteiger partial charge is 0.213 e. The molecule has 0 fully saturated rings. The summed E-state index contributed by atoms with van der Waals surface area (Å²) in [4.78, 5) is 4.05. The molecule has 0 radical (unpaired) electrons. The predicted octanol–water partition coefficient (Wildman–Crippen LogP) is 2.94. The van der Waals surface area contributed by atoms with Crippen LogP contribution in [0.1, 0.15) is 5.56 Å². The number of halogens is 1. The van der Waals surface area contributed by atoms with Gasteiger partial charge in [0.1, 0.15) is 0 Å². The van der Waals surface area contributed by atoms with E-state index in [4.69, 9.17) is 22.1 Å². The van der Waals surface area contributed by atoms with E-state index in [0.29, 0.717) is 23.1 Å². The first-order valence-corrected chi connectivity index (χ1v) is 5.84. The average Bonchev–Trinajstić information content (AvgIpc) is 2.38.